The van der Waals surface area contributed by atoms with Crippen LogP contribution < -0.4 is 9.64 Å². The molecule has 0 spiro atoms. The van der Waals surface area contributed by atoms with Gasteiger partial charge < -0.3 is 14.3 Å². The van der Waals surface area contributed by atoms with E-state index in [1.807, 2.05) is 32.9 Å². The van der Waals surface area contributed by atoms with E-state index in [1.165, 1.54) is 11.2 Å². The summed E-state index contributed by atoms with van der Waals surface area (Å²) in [5.41, 5.74) is 2.74. The lowest BCUT2D eigenvalue weighted by Gasteiger charge is -2.25. The third-order valence-corrected chi connectivity index (χ3v) is 5.76. The molecule has 6 nitrogen and oxygen atoms in total. The zero-order valence-corrected chi connectivity index (χ0v) is 18.5. The van der Waals surface area contributed by atoms with Crippen molar-refractivity contribution in [1.29, 1.82) is 0 Å². The number of Topliss-reactive ketones (excluding diaryl/α,β-unsaturated/α-hetero) is 1. The SMILES string of the molecule is COc1ccc(/C(O)=C2/C(=O)C(=O)N(c3ccccc3C)C2c2ccco2)cc1C(C)C. The Morgan fingerprint density at radius 1 is 1.09 bits per heavy atom. The van der Waals surface area contributed by atoms with Gasteiger partial charge in [0.25, 0.3) is 11.7 Å². The maximum atomic E-state index is 13.2. The molecule has 1 N–H and O–H groups in total. The number of nitrogens with zero attached hydrogens (tertiary/aromatic N) is 1. The first-order valence-electron chi connectivity index (χ1n) is 10.4. The van der Waals surface area contributed by atoms with Crippen LogP contribution in [0.15, 0.2) is 70.9 Å². The van der Waals surface area contributed by atoms with E-state index in [0.717, 1.165) is 11.1 Å². The molecule has 2 heterocycles. The fraction of sp³-hybridized carbons (Fsp3) is 0.231. The van der Waals surface area contributed by atoms with Crippen LogP contribution in [0.25, 0.3) is 5.76 Å². The van der Waals surface area contributed by atoms with Gasteiger partial charge in [-0.25, -0.2) is 0 Å². The molecule has 1 aromatic heterocycles. The van der Waals surface area contributed by atoms with Crippen molar-refractivity contribution < 1.29 is 23.8 Å². The van der Waals surface area contributed by atoms with Crippen LogP contribution in [0, 0.1) is 6.92 Å². The van der Waals surface area contributed by atoms with Crippen molar-refractivity contribution in [2.24, 2.45) is 0 Å². The zero-order valence-electron chi connectivity index (χ0n) is 18.5. The number of carbonyl (C=O) groups excluding carboxylic acids is 2. The van der Waals surface area contributed by atoms with Crippen molar-refractivity contribution in [2.45, 2.75) is 32.7 Å². The molecular formula is C26H25NO5. The molecule has 0 aliphatic carbocycles. The van der Waals surface area contributed by atoms with Gasteiger partial charge in [0.1, 0.15) is 23.3 Å². The molecule has 0 radical (unpaired) electrons. The summed E-state index contributed by atoms with van der Waals surface area (Å²) in [4.78, 5) is 27.7. The number of ether oxygens (including phenoxy) is 1. The Bertz CT molecular complexity index is 1210. The number of amides is 1. The normalized spacial score (nSPS) is 17.9. The summed E-state index contributed by atoms with van der Waals surface area (Å²) in [6.07, 6.45) is 1.48. The number of hydrogen-bond donors (Lipinski definition) is 1. The molecule has 3 aromatic rings. The molecule has 0 saturated carbocycles. The quantitative estimate of drug-likeness (QED) is 0.335. The van der Waals surface area contributed by atoms with E-state index >= 15 is 0 Å². The molecule has 6 heteroatoms. The Kier molecular flexibility index (Phi) is 5.61. The minimum atomic E-state index is -0.879. The van der Waals surface area contributed by atoms with E-state index in [0.29, 0.717) is 22.8 Å². The number of aliphatic hydroxyl groups is 1. The highest BCUT2D eigenvalue weighted by atomic mass is 16.5. The summed E-state index contributed by atoms with van der Waals surface area (Å²) < 4.78 is 11.0. The molecular weight excluding hydrogens is 406 g/mol. The van der Waals surface area contributed by atoms with Crippen LogP contribution in [-0.2, 0) is 9.59 Å². The van der Waals surface area contributed by atoms with Gasteiger partial charge in [0.2, 0.25) is 0 Å². The lowest BCUT2D eigenvalue weighted by Crippen LogP contribution is -2.29. The number of ketones is 1. The average Bonchev–Trinajstić information content (AvgIpc) is 3.40. The Balaban J connectivity index is 1.93. The second-order valence-electron chi connectivity index (χ2n) is 8.08. The van der Waals surface area contributed by atoms with Crippen LogP contribution in [0.5, 0.6) is 5.75 Å². The second kappa shape index (κ2) is 8.38. The number of aryl methyl sites for hydroxylation is 1. The molecule has 1 fully saturated rings. The van der Waals surface area contributed by atoms with Gasteiger partial charge >= 0.3 is 0 Å². The van der Waals surface area contributed by atoms with Gasteiger partial charge in [-0.2, -0.15) is 0 Å². The van der Waals surface area contributed by atoms with Gasteiger partial charge in [-0.1, -0.05) is 32.0 Å². The largest absolute Gasteiger partial charge is 0.507 e. The van der Waals surface area contributed by atoms with Crippen LogP contribution >= 0.6 is 0 Å². The standard InChI is InChI=1S/C26H25NO5/c1-15(2)18-14-17(11-12-20(18)31-4)24(28)22-23(21-10-7-13-32-21)27(26(30)25(22)29)19-9-6-5-8-16(19)3/h5-15,23,28H,1-4H3/b24-22-. The van der Waals surface area contributed by atoms with E-state index in [4.69, 9.17) is 9.15 Å². The summed E-state index contributed by atoms with van der Waals surface area (Å²) in [6, 6.07) is 15.0. The Morgan fingerprint density at radius 2 is 1.84 bits per heavy atom. The van der Waals surface area contributed by atoms with Gasteiger partial charge in [0.15, 0.2) is 0 Å². The summed E-state index contributed by atoms with van der Waals surface area (Å²) in [5, 5.41) is 11.3. The number of aliphatic hydroxyl groups excluding tert-OH is 1. The van der Waals surface area contributed by atoms with Gasteiger partial charge in [-0.15, -0.1) is 0 Å². The van der Waals surface area contributed by atoms with Gasteiger partial charge in [-0.3, -0.25) is 14.5 Å². The summed E-state index contributed by atoms with van der Waals surface area (Å²) >= 11 is 0. The molecule has 32 heavy (non-hydrogen) atoms. The second-order valence-corrected chi connectivity index (χ2v) is 8.08. The van der Waals surface area contributed by atoms with Crippen LogP contribution in [0.3, 0.4) is 0 Å². The summed E-state index contributed by atoms with van der Waals surface area (Å²) in [6.45, 7) is 5.90. The van der Waals surface area contributed by atoms with Crippen molar-refractivity contribution in [2.75, 3.05) is 12.0 Å². The van der Waals surface area contributed by atoms with Crippen molar-refractivity contribution in [1.82, 2.24) is 0 Å². The lowest BCUT2D eigenvalue weighted by atomic mass is 9.95. The van der Waals surface area contributed by atoms with Crippen molar-refractivity contribution in [3.8, 4) is 5.75 Å². The van der Waals surface area contributed by atoms with E-state index in [1.54, 1.807) is 49.6 Å². The van der Waals surface area contributed by atoms with Gasteiger partial charge in [0.05, 0.1) is 18.9 Å². The molecule has 1 saturated heterocycles. The Morgan fingerprint density at radius 3 is 2.47 bits per heavy atom. The fourth-order valence-electron chi connectivity index (χ4n) is 4.12. The number of para-hydroxylation sites is 1. The van der Waals surface area contributed by atoms with Crippen LogP contribution in [0.2, 0.25) is 0 Å². The van der Waals surface area contributed by atoms with Gasteiger partial charge in [0, 0.05) is 11.3 Å². The van der Waals surface area contributed by atoms with Gasteiger partial charge in [-0.05, 0) is 60.4 Å². The number of methoxy groups -OCH3 is 1. The molecule has 1 atom stereocenters. The van der Waals surface area contributed by atoms with E-state index < -0.39 is 17.7 Å². The van der Waals surface area contributed by atoms with Crippen LogP contribution in [0.4, 0.5) is 5.69 Å². The van der Waals surface area contributed by atoms with Crippen LogP contribution in [0.1, 0.15) is 48.3 Å². The topological polar surface area (TPSA) is 80.0 Å². The number of benzene rings is 2. The number of hydrogen-bond acceptors (Lipinski definition) is 5. The molecule has 1 aliphatic rings. The lowest BCUT2D eigenvalue weighted by molar-refractivity contribution is -0.132. The predicted molar refractivity (Wildman–Crippen MR) is 122 cm³/mol. The number of rotatable bonds is 5. The molecule has 4 rings (SSSR count). The third kappa shape index (κ3) is 3.47. The number of carbonyl (C=O) groups is 2. The Labute approximate surface area is 186 Å². The molecule has 1 unspecified atom stereocenters. The summed E-state index contributed by atoms with van der Waals surface area (Å²) in [5.74, 6) is -0.488. The first-order chi connectivity index (χ1) is 15.3. The Hall–Kier alpha value is -3.80. The maximum Gasteiger partial charge on any atom is 0.300 e. The highest BCUT2D eigenvalue weighted by Gasteiger charge is 2.48. The highest BCUT2D eigenvalue weighted by Crippen LogP contribution is 2.43. The molecule has 1 amide bonds. The van der Waals surface area contributed by atoms with Crippen molar-refractivity contribution in [3.63, 3.8) is 0 Å². The molecule has 1 aliphatic heterocycles. The van der Waals surface area contributed by atoms with Crippen molar-refractivity contribution in [3.05, 3.63) is 88.9 Å². The van der Waals surface area contributed by atoms with E-state index in [2.05, 4.69) is 0 Å². The first kappa shape index (κ1) is 21.4. The smallest absolute Gasteiger partial charge is 0.300 e. The predicted octanol–water partition coefficient (Wildman–Crippen LogP) is 5.35. The van der Waals surface area contributed by atoms with E-state index in [-0.39, 0.29) is 17.3 Å². The fourth-order valence-corrected chi connectivity index (χ4v) is 4.12. The average molecular weight is 431 g/mol. The minimum Gasteiger partial charge on any atom is -0.507 e. The number of anilines is 1. The molecule has 0 bridgehead atoms. The molecule has 164 valence electrons. The number of furan rings is 1. The zero-order chi connectivity index (χ0) is 23.0. The first-order valence-corrected chi connectivity index (χ1v) is 10.4. The van der Waals surface area contributed by atoms with Crippen LogP contribution in [-0.4, -0.2) is 23.9 Å². The highest BCUT2D eigenvalue weighted by molar-refractivity contribution is 6.51. The molecule has 2 aromatic carbocycles. The third-order valence-electron chi connectivity index (χ3n) is 5.76. The summed E-state index contributed by atoms with van der Waals surface area (Å²) in [7, 11) is 1.59. The van der Waals surface area contributed by atoms with E-state index in [9.17, 15) is 14.7 Å². The van der Waals surface area contributed by atoms with Crippen molar-refractivity contribution >= 4 is 23.1 Å². The minimum absolute atomic E-state index is 0.00641. The maximum absolute atomic E-state index is 13.2. The monoisotopic (exact) mass is 431 g/mol.